The smallest absolute Gasteiger partial charge is 0.407 e. The second-order valence-electron chi connectivity index (χ2n) is 8.21. The maximum atomic E-state index is 11.9. The molecule has 0 aliphatic carbocycles. The number of esters is 1. The summed E-state index contributed by atoms with van der Waals surface area (Å²) >= 11 is 0. The summed E-state index contributed by atoms with van der Waals surface area (Å²) in [4.78, 5) is 82.6. The van der Waals surface area contributed by atoms with E-state index in [0.717, 1.165) is 0 Å². The molecule has 0 aromatic rings. The van der Waals surface area contributed by atoms with Gasteiger partial charge in [-0.25, -0.2) is 14.4 Å². The number of amides is 3. The van der Waals surface area contributed by atoms with Crippen LogP contribution in [0.15, 0.2) is 0 Å². The number of alkyl carbamates (subject to hydrolysis) is 3. The molecule has 40 heavy (non-hydrogen) atoms. The van der Waals surface area contributed by atoms with Crippen LogP contribution in [0.3, 0.4) is 0 Å². The highest BCUT2D eigenvalue weighted by atomic mass is 31.2. The van der Waals surface area contributed by atoms with Crippen LogP contribution in [0.5, 0.6) is 0 Å². The highest BCUT2D eigenvalue weighted by Gasteiger charge is 2.58. The van der Waals surface area contributed by atoms with E-state index in [4.69, 9.17) is 38.5 Å². The Balaban J connectivity index is 4.12. The Morgan fingerprint density at radius 2 is 1.30 bits per heavy atom. The van der Waals surface area contributed by atoms with Gasteiger partial charge in [-0.2, -0.15) is 0 Å². The predicted octanol–water partition coefficient (Wildman–Crippen LogP) is 0.459. The summed E-state index contributed by atoms with van der Waals surface area (Å²) < 4.78 is 42.4. The molecule has 0 aliphatic heterocycles. The lowest BCUT2D eigenvalue weighted by Crippen LogP contribution is -2.36. The third kappa shape index (κ3) is 15.4. The molecule has 0 aromatic carbocycles. The van der Waals surface area contributed by atoms with Gasteiger partial charge in [-0.1, -0.05) is 6.92 Å². The van der Waals surface area contributed by atoms with Crippen LogP contribution >= 0.6 is 15.2 Å². The summed E-state index contributed by atoms with van der Waals surface area (Å²) in [5.74, 6) is -0.510. The molecule has 0 heterocycles. The summed E-state index contributed by atoms with van der Waals surface area (Å²) in [6.45, 7) is 2.90. The van der Waals surface area contributed by atoms with Gasteiger partial charge >= 0.3 is 39.4 Å². The summed E-state index contributed by atoms with van der Waals surface area (Å²) in [6, 6.07) is 0. The molecule has 3 amide bonds. The Hall–Kier alpha value is -2.46. The van der Waals surface area contributed by atoms with Crippen LogP contribution in [0.1, 0.15) is 52.4 Å². The monoisotopic (exact) mass is 623 g/mol. The number of hydrogen-bond acceptors (Lipinski definition) is 11. The van der Waals surface area contributed by atoms with Crippen molar-refractivity contribution in [2.24, 2.45) is 0 Å². The van der Waals surface area contributed by atoms with E-state index in [1.165, 1.54) is 0 Å². The van der Waals surface area contributed by atoms with E-state index in [2.05, 4.69) is 16.0 Å². The van der Waals surface area contributed by atoms with E-state index in [0.29, 0.717) is 25.8 Å². The van der Waals surface area contributed by atoms with E-state index in [1.54, 1.807) is 13.8 Å². The first-order valence-corrected chi connectivity index (χ1v) is 15.5. The van der Waals surface area contributed by atoms with Crippen molar-refractivity contribution >= 4 is 39.4 Å². The Bertz CT molecular complexity index is 886. The zero-order chi connectivity index (χ0) is 30.8. The highest BCUT2D eigenvalue weighted by Crippen LogP contribution is 2.69. The van der Waals surface area contributed by atoms with Gasteiger partial charge in [0.25, 0.3) is 5.08 Å². The number of unbranched alkanes of at least 4 members (excludes halogenated alkanes) is 2. The number of carbonyl (C=O) groups excluding carboxylic acids is 4. The average molecular weight is 623 g/mol. The lowest BCUT2D eigenvalue weighted by molar-refractivity contribution is -0.147. The number of aliphatic hydroxyl groups is 1. The van der Waals surface area contributed by atoms with Crippen molar-refractivity contribution in [2.75, 3.05) is 39.5 Å². The van der Waals surface area contributed by atoms with E-state index in [1.807, 2.05) is 0 Å². The van der Waals surface area contributed by atoms with Gasteiger partial charge in [-0.05, 0) is 32.6 Å². The summed E-state index contributed by atoms with van der Waals surface area (Å²) in [6.07, 6.45) is -3.16. The molecule has 234 valence electrons. The fourth-order valence-electron chi connectivity index (χ4n) is 2.75. The van der Waals surface area contributed by atoms with Crippen molar-refractivity contribution in [1.82, 2.24) is 16.0 Å². The van der Waals surface area contributed by atoms with E-state index in [-0.39, 0.29) is 45.8 Å². The third-order valence-corrected chi connectivity index (χ3v) is 8.81. The third-order valence-electron chi connectivity index (χ3n) is 4.93. The largest absolute Gasteiger partial charge is 0.462 e. The van der Waals surface area contributed by atoms with Crippen LogP contribution in [0.4, 0.5) is 14.4 Å². The van der Waals surface area contributed by atoms with Crippen LogP contribution in [-0.4, -0.2) is 99.6 Å². The average Bonchev–Trinajstić information content (AvgIpc) is 2.85. The number of carbonyl (C=O) groups is 4. The lowest BCUT2D eigenvalue weighted by atomic mass is 10.2. The van der Waals surface area contributed by atoms with Gasteiger partial charge < -0.3 is 59.6 Å². The maximum absolute atomic E-state index is 11.9. The molecule has 1 unspecified atom stereocenters. The van der Waals surface area contributed by atoms with Gasteiger partial charge in [0.05, 0.1) is 6.61 Å². The number of rotatable bonds is 19. The molecule has 0 rings (SSSR count). The molecule has 8 N–H and O–H groups in total. The minimum absolute atomic E-state index is 0.000500. The van der Waals surface area contributed by atoms with Crippen molar-refractivity contribution < 1.29 is 71.9 Å². The Kier molecular flexibility index (Phi) is 17.6. The second-order valence-corrected chi connectivity index (χ2v) is 12.2. The quantitative estimate of drug-likeness (QED) is 0.0420. The van der Waals surface area contributed by atoms with Gasteiger partial charge in [0.15, 0.2) is 6.10 Å². The normalized spacial score (nSPS) is 12.6. The molecule has 0 fully saturated rings. The first-order chi connectivity index (χ1) is 18.6. The maximum Gasteiger partial charge on any atom is 0.407 e. The van der Waals surface area contributed by atoms with Crippen LogP contribution in [0, 0.1) is 0 Å². The SMILES string of the molecule is CCNC(=O)OC(COC(=O)CC)COC(=O)NCCCCCOC(=O)NCCCC(O)(P(=O)(O)O)P(=O)(O)O. The van der Waals surface area contributed by atoms with Gasteiger partial charge in [-0.3, -0.25) is 13.9 Å². The zero-order valence-corrected chi connectivity index (χ0v) is 24.1. The fourth-order valence-corrected chi connectivity index (χ4v) is 5.00. The molecule has 0 saturated heterocycles. The van der Waals surface area contributed by atoms with Gasteiger partial charge in [0.2, 0.25) is 0 Å². The van der Waals surface area contributed by atoms with Gasteiger partial charge in [0, 0.05) is 32.5 Å². The second kappa shape index (κ2) is 18.8. The van der Waals surface area contributed by atoms with Crippen molar-refractivity contribution in [3.63, 3.8) is 0 Å². The van der Waals surface area contributed by atoms with E-state index < -0.39 is 57.0 Å². The first kappa shape index (κ1) is 37.5. The molecular formula is C20H39N3O15P2. The minimum atomic E-state index is -5.56. The van der Waals surface area contributed by atoms with Crippen LogP contribution in [-0.2, 0) is 32.9 Å². The topological polar surface area (TPSA) is 277 Å². The molecule has 0 saturated carbocycles. The van der Waals surface area contributed by atoms with Crippen LogP contribution in [0.2, 0.25) is 0 Å². The van der Waals surface area contributed by atoms with Crippen molar-refractivity contribution in [1.29, 1.82) is 0 Å². The highest BCUT2D eigenvalue weighted by molar-refractivity contribution is 7.72. The van der Waals surface area contributed by atoms with Crippen LogP contribution < -0.4 is 16.0 Å². The molecule has 0 bridgehead atoms. The first-order valence-electron chi connectivity index (χ1n) is 12.3. The molecular weight excluding hydrogens is 584 g/mol. The fraction of sp³-hybridized carbons (Fsp3) is 0.800. The van der Waals surface area contributed by atoms with E-state index >= 15 is 0 Å². The summed E-state index contributed by atoms with van der Waals surface area (Å²) in [7, 11) is -11.1. The molecule has 18 nitrogen and oxygen atoms in total. The lowest BCUT2D eigenvalue weighted by Gasteiger charge is -2.29. The van der Waals surface area contributed by atoms with Crippen molar-refractivity contribution in [3.05, 3.63) is 0 Å². The number of hydrogen-bond donors (Lipinski definition) is 8. The predicted molar refractivity (Wildman–Crippen MR) is 136 cm³/mol. The Labute approximate surface area is 230 Å². The summed E-state index contributed by atoms with van der Waals surface area (Å²) in [5, 5.41) is 13.3. The molecule has 20 heteroatoms. The van der Waals surface area contributed by atoms with Crippen molar-refractivity contribution in [2.45, 2.75) is 63.6 Å². The molecule has 0 radical (unpaired) electrons. The van der Waals surface area contributed by atoms with Crippen molar-refractivity contribution in [3.8, 4) is 0 Å². The standard InChI is InChI=1S/C20H39N3O15P2/c1-3-16(24)36-13-15(38-19(27)21-4-2)14-37-18(26)22-10-6-5-7-12-35-17(25)23-11-8-9-20(28,39(29,30)31)40(32,33)34/h15,28H,3-14H2,1-2H3,(H,21,27)(H,22,26)(H,23,25)(H2,29,30,31)(H2,32,33,34). The Morgan fingerprint density at radius 1 is 0.750 bits per heavy atom. The Morgan fingerprint density at radius 3 is 1.85 bits per heavy atom. The molecule has 0 spiro atoms. The number of ether oxygens (including phenoxy) is 4. The van der Waals surface area contributed by atoms with E-state index in [9.17, 15) is 33.4 Å². The zero-order valence-electron chi connectivity index (χ0n) is 22.3. The molecule has 0 aliphatic rings. The minimum Gasteiger partial charge on any atom is -0.462 e. The molecule has 0 aromatic heterocycles. The van der Waals surface area contributed by atoms with Crippen LogP contribution in [0.25, 0.3) is 0 Å². The number of nitrogens with one attached hydrogen (secondary N) is 3. The summed E-state index contributed by atoms with van der Waals surface area (Å²) in [5.41, 5.74) is 0. The van der Waals surface area contributed by atoms with Gasteiger partial charge in [-0.15, -0.1) is 0 Å². The van der Waals surface area contributed by atoms with Gasteiger partial charge in [0.1, 0.15) is 13.2 Å². The molecule has 1 atom stereocenters.